The minimum absolute atomic E-state index is 0.0699. The van der Waals surface area contributed by atoms with Gasteiger partial charge in [-0.1, -0.05) is 10.1 Å². The summed E-state index contributed by atoms with van der Waals surface area (Å²) in [5.41, 5.74) is 0.128. The Hall–Kier alpha value is -2.04. The lowest BCUT2D eigenvalue weighted by molar-refractivity contribution is -0.385. The van der Waals surface area contributed by atoms with Gasteiger partial charge in [-0.3, -0.25) is 10.1 Å². The van der Waals surface area contributed by atoms with E-state index >= 15 is 0 Å². The van der Waals surface area contributed by atoms with E-state index in [2.05, 4.69) is 4.36 Å². The van der Waals surface area contributed by atoms with Crippen molar-refractivity contribution in [3.63, 3.8) is 0 Å². The van der Waals surface area contributed by atoms with Crippen molar-refractivity contribution >= 4 is 21.9 Å². The molecule has 0 bridgehead atoms. The fraction of sp³-hybridized carbons (Fsp3) is 0.417. The van der Waals surface area contributed by atoms with Crippen LogP contribution in [0.2, 0.25) is 0 Å². The first-order chi connectivity index (χ1) is 10.2. The van der Waals surface area contributed by atoms with Gasteiger partial charge in [-0.05, 0) is 17.9 Å². The number of nitro benzene ring substituents is 1. The highest BCUT2D eigenvalue weighted by molar-refractivity contribution is 7.98. The number of benzene rings is 1. The normalized spacial score (nSPS) is 11.8. The molecule has 0 fully saturated rings. The number of amides is 1. The van der Waals surface area contributed by atoms with Crippen LogP contribution in [0, 0.1) is 10.1 Å². The van der Waals surface area contributed by atoms with Gasteiger partial charge in [-0.15, -0.1) is 0 Å². The number of ether oxygens (including phenoxy) is 1. The lowest BCUT2D eigenvalue weighted by Crippen LogP contribution is -2.13. The first kappa shape index (κ1) is 18.0. The lowest BCUT2D eigenvalue weighted by atomic mass is 10.2. The van der Waals surface area contributed by atoms with Gasteiger partial charge in [0.2, 0.25) is 0 Å². The Kier molecular flexibility index (Phi) is 6.40. The van der Waals surface area contributed by atoms with Crippen LogP contribution in [0.15, 0.2) is 22.6 Å². The number of thiol groups is 1. The van der Waals surface area contributed by atoms with Gasteiger partial charge < -0.3 is 19.5 Å². The highest BCUT2D eigenvalue weighted by Gasteiger charge is 2.14. The molecule has 9 nitrogen and oxygen atoms in total. The van der Waals surface area contributed by atoms with Gasteiger partial charge in [-0.25, -0.2) is 4.79 Å². The molecule has 0 spiro atoms. The van der Waals surface area contributed by atoms with Crippen LogP contribution in [0.5, 0.6) is 5.75 Å². The van der Waals surface area contributed by atoms with Gasteiger partial charge in [0.25, 0.3) is 5.69 Å². The molecule has 0 atom stereocenters. The summed E-state index contributed by atoms with van der Waals surface area (Å²) in [6.07, 6.45) is 0.187. The number of aliphatic hydroxyl groups is 1. The second-order valence-corrected chi connectivity index (χ2v) is 7.34. The smallest absolute Gasteiger partial charge is 0.437 e. The number of rotatable bonds is 7. The fourth-order valence-electron chi connectivity index (χ4n) is 1.74. The van der Waals surface area contributed by atoms with Gasteiger partial charge in [0.05, 0.1) is 17.6 Å². The number of hydrogen-bond donors (Lipinski definition) is 4. The Bertz CT molecular complexity index is 611. The summed E-state index contributed by atoms with van der Waals surface area (Å²) in [6.45, 7) is 0.113. The van der Waals surface area contributed by atoms with Crippen LogP contribution in [0.1, 0.15) is 12.0 Å². The molecular weight excluding hydrogens is 316 g/mol. The number of hydrogen-bond acceptors (Lipinski definition) is 5. The number of carbonyl (C=O) groups is 1. The third kappa shape index (κ3) is 6.16. The number of nitro groups is 1. The molecule has 10 heteroatoms. The van der Waals surface area contributed by atoms with Crippen LogP contribution in [0.4, 0.5) is 10.5 Å². The maximum Gasteiger partial charge on any atom is 0.437 e. The molecule has 1 rings (SSSR count). The average molecular weight is 334 g/mol. The van der Waals surface area contributed by atoms with Crippen molar-refractivity contribution in [3.8, 4) is 5.75 Å². The Morgan fingerprint density at radius 1 is 1.45 bits per heavy atom. The molecule has 0 aromatic heterocycles. The molecule has 0 heterocycles. The van der Waals surface area contributed by atoms with Gasteiger partial charge >= 0.3 is 6.09 Å². The quantitative estimate of drug-likeness (QED) is 0.257. The molecule has 3 N–H and O–H groups in total. The summed E-state index contributed by atoms with van der Waals surface area (Å²) in [4.78, 5) is 20.9. The van der Waals surface area contributed by atoms with Crippen molar-refractivity contribution in [2.75, 3.05) is 19.5 Å². The Labute approximate surface area is 127 Å². The Morgan fingerprint density at radius 3 is 2.68 bits per heavy atom. The molecule has 0 aliphatic rings. The standard InChI is InChI=1S/C12H18N2O7S/c1-22(20,13-12(16)17)8-9-5-10(14(18)19)7-11(6-9)21-4-2-3-15/h5-7,15,22H,2-4,8H2,1H3,(H,13,20)(H,16,17). The van der Waals surface area contributed by atoms with E-state index in [4.69, 9.17) is 14.9 Å². The number of non-ortho nitro benzene ring substituents is 1. The van der Waals surface area contributed by atoms with Crippen molar-refractivity contribution in [2.45, 2.75) is 12.2 Å². The van der Waals surface area contributed by atoms with E-state index in [1.54, 1.807) is 0 Å². The summed E-state index contributed by atoms with van der Waals surface area (Å²) in [6, 6.07) is 3.95. The summed E-state index contributed by atoms with van der Waals surface area (Å²) < 4.78 is 18.5. The monoisotopic (exact) mass is 334 g/mol. The van der Waals surface area contributed by atoms with Gasteiger partial charge in [0.15, 0.2) is 0 Å². The zero-order chi connectivity index (χ0) is 16.8. The van der Waals surface area contributed by atoms with E-state index in [0.717, 1.165) is 0 Å². The average Bonchev–Trinajstić information content (AvgIpc) is 2.36. The molecule has 0 saturated heterocycles. The molecule has 0 radical (unpaired) electrons. The molecule has 0 aliphatic carbocycles. The summed E-state index contributed by atoms with van der Waals surface area (Å²) in [5.74, 6) is 0.102. The molecule has 0 unspecified atom stereocenters. The second kappa shape index (κ2) is 7.82. The van der Waals surface area contributed by atoms with Crippen molar-refractivity contribution in [3.05, 3.63) is 33.9 Å². The van der Waals surface area contributed by atoms with E-state index in [-0.39, 0.29) is 30.4 Å². The van der Waals surface area contributed by atoms with Crippen LogP contribution in [0.3, 0.4) is 0 Å². The fourth-order valence-corrected chi connectivity index (χ4v) is 3.06. The van der Waals surface area contributed by atoms with E-state index < -0.39 is 21.1 Å². The predicted molar refractivity (Wildman–Crippen MR) is 81.8 cm³/mol. The molecule has 1 amide bonds. The van der Waals surface area contributed by atoms with E-state index in [1.807, 2.05) is 0 Å². The molecule has 1 aromatic rings. The van der Waals surface area contributed by atoms with E-state index in [0.29, 0.717) is 12.0 Å². The maximum absolute atomic E-state index is 10.9. The molecule has 22 heavy (non-hydrogen) atoms. The summed E-state index contributed by atoms with van der Waals surface area (Å²) >= 11 is 0. The van der Waals surface area contributed by atoms with Crippen molar-refractivity contribution in [1.82, 2.24) is 0 Å². The topological polar surface area (TPSA) is 142 Å². The minimum Gasteiger partial charge on any atom is -0.493 e. The van der Waals surface area contributed by atoms with Crippen LogP contribution in [0.25, 0.3) is 0 Å². The zero-order valence-corrected chi connectivity index (χ0v) is 12.8. The first-order valence-corrected chi connectivity index (χ1v) is 8.63. The predicted octanol–water partition coefficient (Wildman–Crippen LogP) is 1.71. The van der Waals surface area contributed by atoms with Crippen LogP contribution in [-0.2, 0) is 15.9 Å². The second-order valence-electron chi connectivity index (χ2n) is 4.65. The van der Waals surface area contributed by atoms with Crippen molar-refractivity contribution in [1.29, 1.82) is 0 Å². The van der Waals surface area contributed by atoms with Gasteiger partial charge in [-0.2, -0.15) is 4.36 Å². The van der Waals surface area contributed by atoms with E-state index in [9.17, 15) is 19.5 Å². The minimum atomic E-state index is -3.11. The van der Waals surface area contributed by atoms with Crippen molar-refractivity contribution in [2.24, 2.45) is 4.36 Å². The van der Waals surface area contributed by atoms with Crippen LogP contribution in [-0.4, -0.2) is 45.3 Å². The molecule has 124 valence electrons. The number of nitrogens with zero attached hydrogens (tertiary/aromatic N) is 2. The summed E-state index contributed by atoms with van der Waals surface area (Å²) in [7, 11) is -3.11. The van der Waals surface area contributed by atoms with E-state index in [1.165, 1.54) is 24.5 Å². The Balaban J connectivity index is 3.07. The highest BCUT2D eigenvalue weighted by Crippen LogP contribution is 2.25. The third-order valence-corrected chi connectivity index (χ3v) is 4.08. The van der Waals surface area contributed by atoms with Gasteiger partial charge in [0, 0.05) is 24.8 Å². The molecule has 0 aliphatic heterocycles. The third-order valence-electron chi connectivity index (χ3n) is 2.52. The number of carboxylic acid groups (broad SMARTS) is 1. The van der Waals surface area contributed by atoms with Crippen LogP contribution < -0.4 is 4.74 Å². The first-order valence-electron chi connectivity index (χ1n) is 6.30. The molecule has 0 saturated carbocycles. The van der Waals surface area contributed by atoms with Gasteiger partial charge in [0.1, 0.15) is 5.75 Å². The maximum atomic E-state index is 10.9. The largest absolute Gasteiger partial charge is 0.493 e. The number of aliphatic hydroxyl groups excluding tert-OH is 1. The summed E-state index contributed by atoms with van der Waals surface area (Å²) in [5, 5.41) is 28.2. The SMILES string of the molecule is C[SH](O)(Cc1cc(OCCCO)cc([N+](=O)[O-])c1)=NC(=O)O. The molecular formula is C12H18N2O7S. The highest BCUT2D eigenvalue weighted by atomic mass is 32.3. The van der Waals surface area contributed by atoms with Crippen LogP contribution >= 0.6 is 0 Å². The van der Waals surface area contributed by atoms with Crippen molar-refractivity contribution < 1.29 is 29.2 Å². The molecule has 1 aromatic carbocycles. The zero-order valence-electron chi connectivity index (χ0n) is 11.9. The lowest BCUT2D eigenvalue weighted by Gasteiger charge is -2.17. The Morgan fingerprint density at radius 2 is 2.14 bits per heavy atom.